The fraction of sp³-hybridized carbons (Fsp3) is 0.375. The minimum absolute atomic E-state index is 0.0328. The monoisotopic (exact) mass is 332 g/mol. The molecule has 8 heteroatoms. The zero-order valence-electron chi connectivity index (χ0n) is 13.6. The molecule has 0 radical (unpaired) electrons. The number of amides is 3. The van der Waals surface area contributed by atoms with Crippen LogP contribution >= 0.6 is 0 Å². The lowest BCUT2D eigenvalue weighted by molar-refractivity contribution is -0.141. The number of ether oxygens (including phenoxy) is 1. The number of nitrogens with zero attached hydrogens (tertiary/aromatic N) is 1. The highest BCUT2D eigenvalue weighted by atomic mass is 16.5. The van der Waals surface area contributed by atoms with Gasteiger partial charge in [-0.3, -0.25) is 9.59 Å². The summed E-state index contributed by atoms with van der Waals surface area (Å²) < 4.78 is 4.72. The lowest BCUT2D eigenvalue weighted by Crippen LogP contribution is -2.34. The van der Waals surface area contributed by atoms with Gasteiger partial charge >= 0.3 is 12.0 Å². The molecule has 1 aromatic carbocycles. The second-order valence-electron chi connectivity index (χ2n) is 5.33. The van der Waals surface area contributed by atoms with Crippen LogP contribution in [0.25, 0.3) is 0 Å². The number of esters is 1. The van der Waals surface area contributed by atoms with E-state index in [1.807, 2.05) is 19.1 Å². The van der Waals surface area contributed by atoms with Crippen molar-refractivity contribution >= 4 is 29.3 Å². The van der Waals surface area contributed by atoms with Gasteiger partial charge in [0.1, 0.15) is 6.54 Å². The first-order valence-corrected chi connectivity index (χ1v) is 7.67. The Kier molecular flexibility index (Phi) is 5.89. The van der Waals surface area contributed by atoms with Crippen LogP contribution in [0.15, 0.2) is 29.4 Å². The van der Waals surface area contributed by atoms with Gasteiger partial charge in [-0.2, -0.15) is 5.10 Å². The maximum atomic E-state index is 11.7. The fourth-order valence-corrected chi connectivity index (χ4v) is 2.27. The maximum absolute atomic E-state index is 11.7. The summed E-state index contributed by atoms with van der Waals surface area (Å²) in [6.07, 6.45) is 0.398. The molecule has 1 aliphatic heterocycles. The molecule has 8 nitrogen and oxygen atoms in total. The number of nitrogens with one attached hydrogen (secondary N) is 3. The maximum Gasteiger partial charge on any atom is 0.325 e. The summed E-state index contributed by atoms with van der Waals surface area (Å²) in [5, 5.41) is 9.11. The molecule has 3 N–H and O–H groups in total. The zero-order chi connectivity index (χ0) is 17.5. The number of hydrazone groups is 1. The highest BCUT2D eigenvalue weighted by molar-refractivity contribution is 6.06. The summed E-state index contributed by atoms with van der Waals surface area (Å²) in [4.78, 5) is 34.1. The summed E-state index contributed by atoms with van der Waals surface area (Å²) in [6.45, 7) is 3.72. The highest BCUT2D eigenvalue weighted by Gasteiger charge is 2.21. The van der Waals surface area contributed by atoms with Crippen molar-refractivity contribution in [2.24, 2.45) is 11.0 Å². The van der Waals surface area contributed by atoms with E-state index in [1.165, 1.54) is 0 Å². The van der Waals surface area contributed by atoms with Crippen LogP contribution in [0.4, 0.5) is 10.5 Å². The van der Waals surface area contributed by atoms with Gasteiger partial charge in [0.05, 0.1) is 12.3 Å². The summed E-state index contributed by atoms with van der Waals surface area (Å²) in [5.74, 6) is -0.553. The molecule has 3 amide bonds. The Morgan fingerprint density at radius 1 is 1.33 bits per heavy atom. The van der Waals surface area contributed by atoms with Crippen LogP contribution in [0.1, 0.15) is 25.8 Å². The molecule has 0 aromatic heterocycles. The lowest BCUT2D eigenvalue weighted by atomic mass is 9.94. The Morgan fingerprint density at radius 3 is 2.67 bits per heavy atom. The normalized spacial score (nSPS) is 16.7. The number of carbonyl (C=O) groups excluding carboxylic acids is 3. The Labute approximate surface area is 139 Å². The number of anilines is 1. The van der Waals surface area contributed by atoms with Gasteiger partial charge in [0.25, 0.3) is 0 Å². The average molecular weight is 332 g/mol. The number of carbonyl (C=O) groups is 3. The first-order chi connectivity index (χ1) is 11.5. The number of benzene rings is 1. The molecule has 1 heterocycles. The first kappa shape index (κ1) is 17.5. The molecule has 0 bridgehead atoms. The molecule has 0 spiro atoms. The minimum atomic E-state index is -0.494. The van der Waals surface area contributed by atoms with Crippen LogP contribution in [-0.4, -0.2) is 36.8 Å². The second kappa shape index (κ2) is 8.09. The van der Waals surface area contributed by atoms with E-state index in [0.717, 1.165) is 11.3 Å². The SMILES string of the molecule is CCOC(=O)CNC(=O)Nc1ccc(C2=NNC(=O)CC2C)cc1. The van der Waals surface area contributed by atoms with Crippen molar-refractivity contribution in [3.8, 4) is 0 Å². The molecule has 1 unspecified atom stereocenters. The number of hydrogen-bond acceptors (Lipinski definition) is 5. The van der Waals surface area contributed by atoms with Crippen LogP contribution in [0.3, 0.4) is 0 Å². The molecule has 24 heavy (non-hydrogen) atoms. The Balaban J connectivity index is 1.91. The molecule has 1 aromatic rings. The largest absolute Gasteiger partial charge is 0.465 e. The number of hydrogen-bond donors (Lipinski definition) is 3. The smallest absolute Gasteiger partial charge is 0.325 e. The average Bonchev–Trinajstić information content (AvgIpc) is 2.54. The van der Waals surface area contributed by atoms with Crippen molar-refractivity contribution in [3.63, 3.8) is 0 Å². The first-order valence-electron chi connectivity index (χ1n) is 7.67. The minimum Gasteiger partial charge on any atom is -0.465 e. The molecule has 0 fully saturated rings. The van der Waals surface area contributed by atoms with E-state index >= 15 is 0 Å². The van der Waals surface area contributed by atoms with E-state index in [0.29, 0.717) is 12.1 Å². The van der Waals surface area contributed by atoms with E-state index in [9.17, 15) is 14.4 Å². The summed E-state index contributed by atoms with van der Waals surface area (Å²) in [6, 6.07) is 6.59. The molecular weight excluding hydrogens is 312 g/mol. The van der Waals surface area contributed by atoms with Gasteiger partial charge in [-0.1, -0.05) is 19.1 Å². The van der Waals surface area contributed by atoms with Crippen molar-refractivity contribution < 1.29 is 19.1 Å². The van der Waals surface area contributed by atoms with Crippen molar-refractivity contribution in [1.82, 2.24) is 10.7 Å². The highest BCUT2D eigenvalue weighted by Crippen LogP contribution is 2.18. The van der Waals surface area contributed by atoms with Gasteiger partial charge in [-0.25, -0.2) is 10.2 Å². The number of rotatable bonds is 5. The van der Waals surface area contributed by atoms with Gasteiger partial charge in [0.15, 0.2) is 0 Å². The van der Waals surface area contributed by atoms with E-state index in [2.05, 4.69) is 21.2 Å². The zero-order valence-corrected chi connectivity index (χ0v) is 13.6. The standard InChI is InChI=1S/C16H20N4O4/c1-3-24-14(22)9-17-16(23)18-12-6-4-11(5-7-12)15-10(2)8-13(21)19-20-15/h4-7,10H,3,8-9H2,1-2H3,(H,19,21)(H2,17,18,23). The Bertz CT molecular complexity index is 655. The third-order valence-corrected chi connectivity index (χ3v) is 3.40. The molecule has 0 aliphatic carbocycles. The summed E-state index contributed by atoms with van der Waals surface area (Å²) in [7, 11) is 0. The van der Waals surface area contributed by atoms with E-state index in [4.69, 9.17) is 4.74 Å². The Morgan fingerprint density at radius 2 is 2.04 bits per heavy atom. The third-order valence-electron chi connectivity index (χ3n) is 3.40. The Hall–Kier alpha value is -2.90. The fourth-order valence-electron chi connectivity index (χ4n) is 2.27. The van der Waals surface area contributed by atoms with Crippen molar-refractivity contribution in [2.75, 3.05) is 18.5 Å². The van der Waals surface area contributed by atoms with Crippen LogP contribution in [0, 0.1) is 5.92 Å². The van der Waals surface area contributed by atoms with Crippen LogP contribution in [-0.2, 0) is 14.3 Å². The summed E-state index contributed by atoms with van der Waals surface area (Å²) in [5.41, 5.74) is 4.72. The molecule has 128 valence electrons. The van der Waals surface area contributed by atoms with Gasteiger partial charge in [0.2, 0.25) is 5.91 Å². The molecular formula is C16H20N4O4. The topological polar surface area (TPSA) is 109 Å². The predicted octanol–water partition coefficient (Wildman–Crippen LogP) is 1.23. The lowest BCUT2D eigenvalue weighted by Gasteiger charge is -2.19. The number of urea groups is 1. The predicted molar refractivity (Wildman–Crippen MR) is 88.6 cm³/mol. The van der Waals surface area contributed by atoms with Crippen LogP contribution in [0.5, 0.6) is 0 Å². The van der Waals surface area contributed by atoms with Gasteiger partial charge in [-0.05, 0) is 24.6 Å². The van der Waals surface area contributed by atoms with Crippen molar-refractivity contribution in [1.29, 1.82) is 0 Å². The van der Waals surface area contributed by atoms with Gasteiger partial charge < -0.3 is 15.4 Å². The van der Waals surface area contributed by atoms with Gasteiger partial charge in [-0.15, -0.1) is 0 Å². The summed E-state index contributed by atoms with van der Waals surface area (Å²) >= 11 is 0. The second-order valence-corrected chi connectivity index (χ2v) is 5.33. The molecule has 0 saturated carbocycles. The molecule has 0 saturated heterocycles. The molecule has 1 atom stereocenters. The van der Waals surface area contributed by atoms with Crippen molar-refractivity contribution in [2.45, 2.75) is 20.3 Å². The van der Waals surface area contributed by atoms with Crippen molar-refractivity contribution in [3.05, 3.63) is 29.8 Å². The van der Waals surface area contributed by atoms with E-state index in [1.54, 1.807) is 19.1 Å². The van der Waals surface area contributed by atoms with Gasteiger partial charge in [0, 0.05) is 18.0 Å². The quantitative estimate of drug-likeness (QED) is 0.705. The van der Waals surface area contributed by atoms with E-state index < -0.39 is 12.0 Å². The van der Waals surface area contributed by atoms with Crippen LogP contribution < -0.4 is 16.1 Å². The van der Waals surface area contributed by atoms with Crippen LogP contribution in [0.2, 0.25) is 0 Å². The molecule has 1 aliphatic rings. The molecule has 2 rings (SSSR count). The third kappa shape index (κ3) is 4.80. The van der Waals surface area contributed by atoms with E-state index in [-0.39, 0.29) is 25.0 Å².